The summed E-state index contributed by atoms with van der Waals surface area (Å²) in [5, 5.41) is 8.98. The number of nitrogen functional groups attached to an aromatic ring is 1. The van der Waals surface area contributed by atoms with Crippen LogP contribution in [0.1, 0.15) is 12.8 Å². The second kappa shape index (κ2) is 4.05. The first-order chi connectivity index (χ1) is 7.66. The lowest BCUT2D eigenvalue weighted by Crippen LogP contribution is -2.22. The molecule has 0 amide bonds. The minimum Gasteiger partial charge on any atom is -0.492 e. The Morgan fingerprint density at radius 1 is 1.62 bits per heavy atom. The van der Waals surface area contributed by atoms with E-state index in [1.54, 1.807) is 18.3 Å². The first kappa shape index (κ1) is 10.8. The molecule has 1 fully saturated rings. The third-order valence-electron chi connectivity index (χ3n) is 3.29. The third kappa shape index (κ3) is 2.11. The summed E-state index contributed by atoms with van der Waals surface area (Å²) in [5.41, 5.74) is 5.48. The summed E-state index contributed by atoms with van der Waals surface area (Å²) in [7, 11) is 0. The molecule has 1 aromatic rings. The van der Waals surface area contributed by atoms with Gasteiger partial charge in [-0.2, -0.15) is 0 Å². The molecule has 5 heteroatoms. The lowest BCUT2D eigenvalue weighted by Gasteiger charge is -2.15. The molecule has 1 aromatic heterocycles. The van der Waals surface area contributed by atoms with Crippen molar-refractivity contribution >= 4 is 12.5 Å². The summed E-state index contributed by atoms with van der Waals surface area (Å²) in [4.78, 5) is 3.95. The zero-order chi connectivity index (χ0) is 11.6. The van der Waals surface area contributed by atoms with Crippen LogP contribution in [0, 0.1) is 11.2 Å². The molecule has 4 nitrogen and oxygen atoms in total. The molecule has 0 saturated heterocycles. The monoisotopic (exact) mass is 215 g/mol. The Kier molecular flexibility index (Phi) is 2.74. The Morgan fingerprint density at radius 3 is 2.88 bits per heavy atom. The van der Waals surface area contributed by atoms with Gasteiger partial charge < -0.3 is 10.5 Å². The highest BCUT2D eigenvalue weighted by Gasteiger charge is 2.50. The van der Waals surface area contributed by atoms with Crippen molar-refractivity contribution < 1.29 is 4.74 Å². The van der Waals surface area contributed by atoms with Gasteiger partial charge in [0.2, 0.25) is 0 Å². The molecular weight excluding hydrogens is 201 g/mol. The third-order valence-corrected chi connectivity index (χ3v) is 3.29. The normalized spacial score (nSPS) is 16.2. The fourth-order valence-electron chi connectivity index (χ4n) is 1.70. The number of anilines is 1. The van der Waals surface area contributed by atoms with Crippen LogP contribution in [0.2, 0.25) is 12.1 Å². The molecule has 0 aliphatic heterocycles. The smallest absolute Gasteiger partial charge is 0.274 e. The molecule has 1 heterocycles. The van der Waals surface area contributed by atoms with E-state index in [1.807, 2.05) is 6.82 Å². The molecule has 1 aliphatic rings. The molecule has 0 bridgehead atoms. The summed E-state index contributed by atoms with van der Waals surface area (Å²) in [5.74, 6) is 3.50. The number of pyridine rings is 1. The van der Waals surface area contributed by atoms with Crippen molar-refractivity contribution in [2.24, 2.45) is 0 Å². The fraction of sp³-hybridized carbons (Fsp3) is 0.455. The summed E-state index contributed by atoms with van der Waals surface area (Å²) in [6.07, 6.45) is 3.76. The predicted octanol–water partition coefficient (Wildman–Crippen LogP) is 1.76. The van der Waals surface area contributed by atoms with Crippen LogP contribution < -0.4 is 10.5 Å². The number of hydrogen-bond donors (Lipinski definition) is 1. The van der Waals surface area contributed by atoms with Crippen LogP contribution in [0.25, 0.3) is 0 Å². The zero-order valence-corrected chi connectivity index (χ0v) is 9.31. The van der Waals surface area contributed by atoms with Gasteiger partial charge in [0.25, 0.3) is 6.71 Å². The molecule has 0 unspecified atom stereocenters. The fourth-order valence-corrected chi connectivity index (χ4v) is 1.70. The SMILES string of the molecule is CB(C#N)C1(COc2ccc(N)nc2)CC1. The number of ether oxygens (including phenoxy) is 1. The lowest BCUT2D eigenvalue weighted by molar-refractivity contribution is 0.303. The van der Waals surface area contributed by atoms with Crippen molar-refractivity contribution in [1.82, 2.24) is 4.98 Å². The van der Waals surface area contributed by atoms with Crippen molar-refractivity contribution in [3.05, 3.63) is 18.3 Å². The highest BCUT2D eigenvalue weighted by atomic mass is 16.5. The van der Waals surface area contributed by atoms with Gasteiger partial charge in [-0.05, 0) is 30.3 Å². The minimum absolute atomic E-state index is 0.0502. The molecule has 16 heavy (non-hydrogen) atoms. The van der Waals surface area contributed by atoms with Gasteiger partial charge in [-0.15, -0.1) is 0 Å². The topological polar surface area (TPSA) is 71.9 Å². The van der Waals surface area contributed by atoms with E-state index in [0.717, 1.165) is 12.8 Å². The van der Waals surface area contributed by atoms with Crippen molar-refractivity contribution in [3.63, 3.8) is 0 Å². The van der Waals surface area contributed by atoms with Crippen molar-refractivity contribution in [1.29, 1.82) is 5.26 Å². The maximum Gasteiger partial charge on any atom is 0.274 e. The van der Waals surface area contributed by atoms with E-state index in [2.05, 4.69) is 11.0 Å². The molecule has 1 aliphatic carbocycles. The van der Waals surface area contributed by atoms with Gasteiger partial charge >= 0.3 is 0 Å². The van der Waals surface area contributed by atoms with Gasteiger partial charge in [-0.25, -0.2) is 10.2 Å². The van der Waals surface area contributed by atoms with Crippen LogP contribution in [-0.2, 0) is 0 Å². The first-order valence-corrected chi connectivity index (χ1v) is 5.40. The maximum absolute atomic E-state index is 8.91. The Hall–Kier alpha value is -1.70. The molecule has 1 saturated carbocycles. The second-order valence-corrected chi connectivity index (χ2v) is 4.42. The maximum atomic E-state index is 8.91. The predicted molar refractivity (Wildman–Crippen MR) is 63.3 cm³/mol. The number of aromatic nitrogens is 1. The Bertz CT molecular complexity index is 408. The Labute approximate surface area is 95.5 Å². The molecule has 82 valence electrons. The van der Waals surface area contributed by atoms with E-state index in [9.17, 15) is 0 Å². The highest BCUT2D eigenvalue weighted by molar-refractivity contribution is 6.69. The molecule has 0 atom stereocenters. The van der Waals surface area contributed by atoms with Gasteiger partial charge in [0, 0.05) is 5.97 Å². The van der Waals surface area contributed by atoms with E-state index in [-0.39, 0.29) is 12.0 Å². The van der Waals surface area contributed by atoms with Crippen LogP contribution in [0.5, 0.6) is 5.75 Å². The number of nitrogens with zero attached hydrogens (tertiary/aromatic N) is 2. The summed E-state index contributed by atoms with van der Waals surface area (Å²) in [6, 6.07) is 3.51. The summed E-state index contributed by atoms with van der Waals surface area (Å²) in [6.45, 7) is 2.60. The van der Waals surface area contributed by atoms with E-state index in [1.165, 1.54) is 0 Å². The second-order valence-electron chi connectivity index (χ2n) is 4.42. The minimum atomic E-state index is 0.0502. The van der Waals surface area contributed by atoms with Crippen LogP contribution in [-0.4, -0.2) is 18.3 Å². The number of nitrogens with two attached hydrogens (primary N) is 1. The summed E-state index contributed by atoms with van der Waals surface area (Å²) >= 11 is 0. The Morgan fingerprint density at radius 2 is 2.38 bits per heavy atom. The number of rotatable bonds is 4. The van der Waals surface area contributed by atoms with Crippen molar-refractivity contribution in [3.8, 4) is 11.7 Å². The van der Waals surface area contributed by atoms with Gasteiger partial charge in [-0.3, -0.25) is 0 Å². The molecule has 0 radical (unpaired) electrons. The molecule has 2 rings (SSSR count). The molecule has 0 aromatic carbocycles. The Balaban J connectivity index is 1.93. The van der Waals surface area contributed by atoms with Crippen LogP contribution in [0.15, 0.2) is 18.3 Å². The average molecular weight is 215 g/mol. The van der Waals surface area contributed by atoms with Crippen LogP contribution in [0.4, 0.5) is 5.82 Å². The summed E-state index contributed by atoms with van der Waals surface area (Å²) < 4.78 is 5.64. The van der Waals surface area contributed by atoms with E-state index in [4.69, 9.17) is 15.7 Å². The van der Waals surface area contributed by atoms with Crippen molar-refractivity contribution in [2.45, 2.75) is 25.0 Å². The quantitative estimate of drug-likeness (QED) is 0.776. The largest absolute Gasteiger partial charge is 0.492 e. The first-order valence-electron chi connectivity index (χ1n) is 5.40. The van der Waals surface area contributed by atoms with Crippen LogP contribution in [0.3, 0.4) is 0 Å². The number of nitriles is 1. The highest BCUT2D eigenvalue weighted by Crippen LogP contribution is 2.55. The molecular formula is C11H14BN3O. The van der Waals surface area contributed by atoms with Gasteiger partial charge in [0.1, 0.15) is 11.6 Å². The van der Waals surface area contributed by atoms with Gasteiger partial charge in [0.05, 0.1) is 12.8 Å². The van der Waals surface area contributed by atoms with Gasteiger partial charge in [-0.1, -0.05) is 6.82 Å². The molecule has 2 N–H and O–H groups in total. The van der Waals surface area contributed by atoms with Crippen LogP contribution >= 0.6 is 0 Å². The average Bonchev–Trinajstić information content (AvgIpc) is 3.08. The van der Waals surface area contributed by atoms with E-state index >= 15 is 0 Å². The van der Waals surface area contributed by atoms with E-state index in [0.29, 0.717) is 18.2 Å². The standard InChI is InChI=1S/C11H14BN3O/c1-12(8-13)11(4-5-11)7-16-9-2-3-10(14)15-6-9/h2-3,6H,4-5,7H2,1H3,(H2,14,15). The lowest BCUT2D eigenvalue weighted by atomic mass is 9.42. The number of hydrogen-bond acceptors (Lipinski definition) is 4. The van der Waals surface area contributed by atoms with E-state index < -0.39 is 0 Å². The molecule has 0 spiro atoms. The zero-order valence-electron chi connectivity index (χ0n) is 9.31. The van der Waals surface area contributed by atoms with Crippen molar-refractivity contribution in [2.75, 3.05) is 12.3 Å². The van der Waals surface area contributed by atoms with Gasteiger partial charge in [0.15, 0.2) is 0 Å².